The molecular formula is C14H24N4O3. The van der Waals surface area contributed by atoms with Crippen LogP contribution in [0, 0.1) is 13.8 Å². The average Bonchev–Trinajstić information content (AvgIpc) is 2.56. The van der Waals surface area contributed by atoms with E-state index in [0.717, 1.165) is 17.0 Å². The number of aromatic nitrogens is 2. The number of carbonyl (C=O) groups excluding carboxylic acids is 1. The lowest BCUT2D eigenvalue weighted by Gasteiger charge is -2.34. The minimum absolute atomic E-state index is 0.330. The number of hydrogen-bond donors (Lipinski definition) is 2. The minimum atomic E-state index is -1.03. The highest BCUT2D eigenvalue weighted by atomic mass is 16.4. The molecule has 0 fully saturated rings. The van der Waals surface area contributed by atoms with Gasteiger partial charge in [-0.1, -0.05) is 0 Å². The van der Waals surface area contributed by atoms with Gasteiger partial charge in [-0.3, -0.25) is 9.48 Å². The van der Waals surface area contributed by atoms with Crippen LogP contribution in [0.1, 0.15) is 37.7 Å². The summed E-state index contributed by atoms with van der Waals surface area (Å²) in [6.45, 7) is 9.21. The molecule has 118 valence electrons. The van der Waals surface area contributed by atoms with Gasteiger partial charge in [0.15, 0.2) is 0 Å². The molecule has 0 spiro atoms. The second kappa shape index (κ2) is 6.15. The molecule has 0 bridgehead atoms. The molecule has 0 unspecified atom stereocenters. The Kier molecular flexibility index (Phi) is 4.98. The van der Waals surface area contributed by atoms with Gasteiger partial charge in [0.2, 0.25) is 0 Å². The maximum absolute atomic E-state index is 12.3. The van der Waals surface area contributed by atoms with Crippen molar-refractivity contribution in [2.24, 2.45) is 7.05 Å². The summed E-state index contributed by atoms with van der Waals surface area (Å²) >= 11 is 0. The zero-order chi connectivity index (χ0) is 16.4. The normalized spacial score (nSPS) is 11.3. The van der Waals surface area contributed by atoms with Crippen molar-refractivity contribution in [1.29, 1.82) is 0 Å². The van der Waals surface area contributed by atoms with Gasteiger partial charge >= 0.3 is 12.0 Å². The lowest BCUT2D eigenvalue weighted by Crippen LogP contribution is -2.52. The highest BCUT2D eigenvalue weighted by Gasteiger charge is 2.28. The SMILES string of the molecule is Cc1nn(C)c(C)c1CNC(=O)N(CC(=O)O)C(C)(C)C. The molecule has 1 heterocycles. The molecule has 1 aromatic heterocycles. The topological polar surface area (TPSA) is 87.5 Å². The molecular weight excluding hydrogens is 272 g/mol. The first kappa shape index (κ1) is 17.0. The number of amides is 2. The van der Waals surface area contributed by atoms with Gasteiger partial charge in [-0.15, -0.1) is 0 Å². The van der Waals surface area contributed by atoms with E-state index in [-0.39, 0.29) is 6.54 Å². The smallest absolute Gasteiger partial charge is 0.323 e. The third-order valence-corrected chi connectivity index (χ3v) is 3.42. The molecule has 0 aliphatic rings. The fraction of sp³-hybridized carbons (Fsp3) is 0.643. The lowest BCUT2D eigenvalue weighted by molar-refractivity contribution is -0.138. The van der Waals surface area contributed by atoms with E-state index in [2.05, 4.69) is 10.4 Å². The molecule has 7 heteroatoms. The first-order valence-corrected chi connectivity index (χ1v) is 6.80. The Hall–Kier alpha value is -2.05. The predicted molar refractivity (Wildman–Crippen MR) is 79.0 cm³/mol. The van der Waals surface area contributed by atoms with Crippen LogP contribution in [0.25, 0.3) is 0 Å². The molecule has 0 saturated heterocycles. The van der Waals surface area contributed by atoms with E-state index in [1.807, 2.05) is 20.9 Å². The highest BCUT2D eigenvalue weighted by molar-refractivity contribution is 5.80. The summed E-state index contributed by atoms with van der Waals surface area (Å²) in [7, 11) is 1.85. The molecule has 7 nitrogen and oxygen atoms in total. The molecule has 2 amide bonds. The molecule has 1 aromatic rings. The van der Waals surface area contributed by atoms with Gasteiger partial charge < -0.3 is 15.3 Å². The molecule has 21 heavy (non-hydrogen) atoms. The minimum Gasteiger partial charge on any atom is -0.480 e. The average molecular weight is 296 g/mol. The molecule has 0 radical (unpaired) electrons. The van der Waals surface area contributed by atoms with Crippen molar-refractivity contribution in [3.05, 3.63) is 17.0 Å². The second-order valence-corrected chi connectivity index (χ2v) is 6.08. The van der Waals surface area contributed by atoms with Crippen LogP contribution in [-0.4, -0.2) is 43.9 Å². The van der Waals surface area contributed by atoms with Crippen LogP contribution in [0.15, 0.2) is 0 Å². The molecule has 1 rings (SSSR count). The summed E-state index contributed by atoms with van der Waals surface area (Å²) in [4.78, 5) is 24.5. The first-order chi connectivity index (χ1) is 9.54. The van der Waals surface area contributed by atoms with Crippen molar-refractivity contribution in [2.45, 2.75) is 46.7 Å². The number of aryl methyl sites for hydroxylation is 2. The van der Waals surface area contributed by atoms with Crippen LogP contribution in [-0.2, 0) is 18.4 Å². The van der Waals surface area contributed by atoms with Gasteiger partial charge in [0, 0.05) is 30.4 Å². The number of carboxylic acid groups (broad SMARTS) is 1. The van der Waals surface area contributed by atoms with Crippen molar-refractivity contribution in [2.75, 3.05) is 6.54 Å². The van der Waals surface area contributed by atoms with Crippen LogP contribution < -0.4 is 5.32 Å². The van der Waals surface area contributed by atoms with E-state index >= 15 is 0 Å². The Morgan fingerprint density at radius 3 is 2.29 bits per heavy atom. The number of nitrogens with zero attached hydrogens (tertiary/aromatic N) is 3. The van der Waals surface area contributed by atoms with Gasteiger partial charge in [0.05, 0.1) is 5.69 Å². The quantitative estimate of drug-likeness (QED) is 0.880. The van der Waals surface area contributed by atoms with Gasteiger partial charge in [-0.25, -0.2) is 4.79 Å². The number of rotatable bonds is 4. The van der Waals surface area contributed by atoms with Crippen LogP contribution in [0.4, 0.5) is 4.79 Å². The summed E-state index contributed by atoms with van der Waals surface area (Å²) in [6, 6.07) is -0.396. The molecule has 0 aromatic carbocycles. The van der Waals surface area contributed by atoms with Crippen molar-refractivity contribution in [1.82, 2.24) is 20.0 Å². The Morgan fingerprint density at radius 2 is 1.90 bits per heavy atom. The maximum atomic E-state index is 12.3. The van der Waals surface area contributed by atoms with Gasteiger partial charge in [0.25, 0.3) is 0 Å². The Morgan fingerprint density at radius 1 is 1.33 bits per heavy atom. The van der Waals surface area contributed by atoms with Crippen LogP contribution in [0.5, 0.6) is 0 Å². The summed E-state index contributed by atoms with van der Waals surface area (Å²) in [5.41, 5.74) is 2.22. The fourth-order valence-corrected chi connectivity index (χ4v) is 2.08. The van der Waals surface area contributed by atoms with E-state index in [0.29, 0.717) is 6.54 Å². The standard InChI is InChI=1S/C14H24N4O3/c1-9-11(10(2)17(6)16-9)7-15-13(21)18(8-12(19)20)14(3,4)5/h7-8H2,1-6H3,(H,15,21)(H,19,20). The van der Waals surface area contributed by atoms with Crippen LogP contribution in [0.2, 0.25) is 0 Å². The number of carbonyl (C=O) groups is 2. The van der Waals surface area contributed by atoms with Crippen molar-refractivity contribution in [3.63, 3.8) is 0 Å². The van der Waals surface area contributed by atoms with Gasteiger partial charge in [0.1, 0.15) is 6.54 Å². The van der Waals surface area contributed by atoms with Crippen LogP contribution >= 0.6 is 0 Å². The Bertz CT molecular complexity index is 543. The molecule has 0 saturated carbocycles. The van der Waals surface area contributed by atoms with Crippen LogP contribution in [0.3, 0.4) is 0 Å². The molecule has 2 N–H and O–H groups in total. The molecule has 0 atom stereocenters. The van der Waals surface area contributed by atoms with Gasteiger partial charge in [-0.05, 0) is 34.6 Å². The fourth-order valence-electron chi connectivity index (χ4n) is 2.08. The van der Waals surface area contributed by atoms with E-state index in [9.17, 15) is 9.59 Å². The summed E-state index contributed by atoms with van der Waals surface area (Å²) in [5.74, 6) is -1.03. The summed E-state index contributed by atoms with van der Waals surface area (Å²) in [5, 5.41) is 16.0. The molecule has 0 aliphatic heterocycles. The van der Waals surface area contributed by atoms with E-state index in [1.165, 1.54) is 4.90 Å². The number of carboxylic acids is 1. The number of nitrogens with one attached hydrogen (secondary N) is 1. The summed E-state index contributed by atoms with van der Waals surface area (Å²) < 4.78 is 1.76. The molecule has 0 aliphatic carbocycles. The van der Waals surface area contributed by atoms with E-state index < -0.39 is 17.5 Å². The maximum Gasteiger partial charge on any atom is 0.323 e. The van der Waals surface area contributed by atoms with E-state index in [1.54, 1.807) is 25.5 Å². The predicted octanol–water partition coefficient (Wildman–Crippen LogP) is 1.43. The number of aliphatic carboxylic acids is 1. The zero-order valence-corrected chi connectivity index (χ0v) is 13.5. The Labute approximate surface area is 124 Å². The van der Waals surface area contributed by atoms with Crippen molar-refractivity contribution in [3.8, 4) is 0 Å². The zero-order valence-electron chi connectivity index (χ0n) is 13.5. The lowest BCUT2D eigenvalue weighted by atomic mass is 10.1. The first-order valence-electron chi connectivity index (χ1n) is 6.80. The van der Waals surface area contributed by atoms with Gasteiger partial charge in [-0.2, -0.15) is 5.10 Å². The van der Waals surface area contributed by atoms with Crippen molar-refractivity contribution < 1.29 is 14.7 Å². The third-order valence-electron chi connectivity index (χ3n) is 3.42. The summed E-state index contributed by atoms with van der Waals surface area (Å²) in [6.07, 6.45) is 0. The second-order valence-electron chi connectivity index (χ2n) is 6.08. The van der Waals surface area contributed by atoms with E-state index in [4.69, 9.17) is 5.11 Å². The monoisotopic (exact) mass is 296 g/mol. The highest BCUT2D eigenvalue weighted by Crippen LogP contribution is 2.15. The number of urea groups is 1. The third kappa shape index (κ3) is 4.21. The van der Waals surface area contributed by atoms with Crippen molar-refractivity contribution >= 4 is 12.0 Å². The largest absolute Gasteiger partial charge is 0.480 e. The Balaban J connectivity index is 2.81. The number of hydrogen-bond acceptors (Lipinski definition) is 3.